The molecule has 0 unspecified atom stereocenters. The number of sulfonamides is 1. The third-order valence-electron chi connectivity index (χ3n) is 7.01. The largest absolute Gasteiger partial charge is 0.457 e. The van der Waals surface area contributed by atoms with Gasteiger partial charge in [-0.3, -0.25) is 4.79 Å². The summed E-state index contributed by atoms with van der Waals surface area (Å²) in [5.74, 6) is -0.179. The van der Waals surface area contributed by atoms with Gasteiger partial charge in [-0.15, -0.1) is 0 Å². The van der Waals surface area contributed by atoms with E-state index in [-0.39, 0.29) is 17.1 Å². The summed E-state index contributed by atoms with van der Waals surface area (Å²) in [6.07, 6.45) is 1.23. The van der Waals surface area contributed by atoms with Gasteiger partial charge in [-0.1, -0.05) is 6.07 Å². The smallest absolute Gasteiger partial charge is 0.408 e. The first-order valence-electron chi connectivity index (χ1n) is 12.3. The minimum atomic E-state index is -3.18. The van der Waals surface area contributed by atoms with Crippen LogP contribution in [0.1, 0.15) is 5.76 Å². The number of aliphatic hydroxyl groups is 1. The van der Waals surface area contributed by atoms with Gasteiger partial charge in [0.1, 0.15) is 0 Å². The van der Waals surface area contributed by atoms with Crippen molar-refractivity contribution in [3.8, 4) is 0 Å². The molecule has 3 aromatic rings. The summed E-state index contributed by atoms with van der Waals surface area (Å²) in [6, 6.07) is 14.3. The molecule has 2 aromatic carbocycles. The molecule has 1 aromatic heterocycles. The fourth-order valence-corrected chi connectivity index (χ4v) is 5.63. The van der Waals surface area contributed by atoms with Crippen LogP contribution in [-0.2, 0) is 10.0 Å². The second-order valence-corrected chi connectivity index (χ2v) is 11.6. The average molecular weight is 527 g/mol. The van der Waals surface area contributed by atoms with E-state index < -0.39 is 10.0 Å². The van der Waals surface area contributed by atoms with Crippen molar-refractivity contribution in [2.45, 2.75) is 0 Å². The van der Waals surface area contributed by atoms with E-state index in [1.165, 1.54) is 16.6 Å². The molecule has 2 aliphatic heterocycles. The average Bonchev–Trinajstić information content (AvgIpc) is 2.89. The van der Waals surface area contributed by atoms with Crippen LogP contribution in [0.25, 0.3) is 11.0 Å². The highest BCUT2D eigenvalue weighted by molar-refractivity contribution is 7.88. The number of fused-ring (bicyclic) bond motifs is 1. The SMILES string of the molecule is CN1CCN(c2cccc3c(=O)cc(C(O)=[NH+]c4ccc(N5CCN(S(C)(=O)=O)CC5)cc4)oc23)CC1. The molecule has 10 nitrogen and oxygen atoms in total. The van der Waals surface area contributed by atoms with Crippen molar-refractivity contribution >= 4 is 44.0 Å². The quantitative estimate of drug-likeness (QED) is 0.362. The Labute approximate surface area is 216 Å². The molecule has 0 radical (unpaired) electrons. The number of anilines is 2. The Balaban J connectivity index is 1.37. The van der Waals surface area contributed by atoms with Crippen molar-refractivity contribution < 1.29 is 22.9 Å². The first kappa shape index (κ1) is 25.2. The van der Waals surface area contributed by atoms with Crippen LogP contribution in [0.3, 0.4) is 0 Å². The first-order valence-corrected chi connectivity index (χ1v) is 14.2. The van der Waals surface area contributed by atoms with E-state index in [4.69, 9.17) is 4.42 Å². The highest BCUT2D eigenvalue weighted by atomic mass is 32.2. The molecule has 0 spiro atoms. The maximum Gasteiger partial charge on any atom is 0.408 e. The summed E-state index contributed by atoms with van der Waals surface area (Å²) in [5, 5.41) is 11.3. The summed E-state index contributed by atoms with van der Waals surface area (Å²) in [4.78, 5) is 22.4. The maximum atomic E-state index is 12.9. The van der Waals surface area contributed by atoms with E-state index in [9.17, 15) is 18.3 Å². The van der Waals surface area contributed by atoms with E-state index in [2.05, 4.69) is 26.7 Å². The fraction of sp³-hybridized carbons (Fsp3) is 0.385. The molecule has 11 heteroatoms. The van der Waals surface area contributed by atoms with Crippen molar-refractivity contribution in [2.75, 3.05) is 75.5 Å². The Bertz CT molecular complexity index is 1470. The van der Waals surface area contributed by atoms with Gasteiger partial charge in [-0.25, -0.2) is 8.42 Å². The van der Waals surface area contributed by atoms with Crippen molar-refractivity contribution in [1.29, 1.82) is 0 Å². The van der Waals surface area contributed by atoms with Gasteiger partial charge in [0.05, 0.1) is 17.3 Å². The topological polar surface area (TPSA) is 112 Å². The standard InChI is InChI=1S/C26H31N5O5S/c1-28-10-12-30(13-11-28)22-5-3-4-21-23(32)18-24(36-25(21)22)26(33)27-19-6-8-20(9-7-19)29-14-16-31(17-15-29)37(2,34)35/h3-9,18H,10-17H2,1-2H3,(H,27,33)/p+1. The highest BCUT2D eigenvalue weighted by Gasteiger charge is 2.24. The second-order valence-electron chi connectivity index (χ2n) is 9.59. The Kier molecular flexibility index (Phi) is 6.93. The molecule has 2 N–H and O–H groups in total. The van der Waals surface area contributed by atoms with Gasteiger partial charge in [0, 0.05) is 76.2 Å². The molecule has 0 bridgehead atoms. The van der Waals surface area contributed by atoms with Gasteiger partial charge in [-0.2, -0.15) is 9.30 Å². The van der Waals surface area contributed by atoms with Crippen molar-refractivity contribution in [3.05, 3.63) is 64.5 Å². The molecule has 5 rings (SSSR count). The molecule has 0 atom stereocenters. The van der Waals surface area contributed by atoms with Crippen LogP contribution in [0, 0.1) is 0 Å². The number of benzene rings is 2. The minimum absolute atomic E-state index is 0.0695. The summed E-state index contributed by atoms with van der Waals surface area (Å²) in [6.45, 7) is 5.60. The summed E-state index contributed by atoms with van der Waals surface area (Å²) < 4.78 is 31.0. The second kappa shape index (κ2) is 10.2. The highest BCUT2D eigenvalue weighted by Crippen LogP contribution is 2.27. The van der Waals surface area contributed by atoms with E-state index >= 15 is 0 Å². The fourth-order valence-electron chi connectivity index (χ4n) is 4.81. The monoisotopic (exact) mass is 526 g/mol. The zero-order valence-electron chi connectivity index (χ0n) is 21.1. The molecular weight excluding hydrogens is 494 g/mol. The van der Waals surface area contributed by atoms with Gasteiger partial charge >= 0.3 is 5.90 Å². The van der Waals surface area contributed by atoms with Crippen LogP contribution >= 0.6 is 0 Å². The van der Waals surface area contributed by atoms with Crippen LogP contribution in [0.15, 0.2) is 57.7 Å². The number of hydrogen-bond acceptors (Lipinski definition) is 7. The van der Waals surface area contributed by atoms with E-state index in [1.54, 1.807) is 6.07 Å². The Morgan fingerprint density at radius 3 is 2.22 bits per heavy atom. The van der Waals surface area contributed by atoms with E-state index in [0.717, 1.165) is 37.6 Å². The molecule has 2 fully saturated rings. The number of rotatable bonds is 5. The molecule has 0 amide bonds. The van der Waals surface area contributed by atoms with Crippen molar-refractivity contribution in [3.63, 3.8) is 0 Å². The van der Waals surface area contributed by atoms with Crippen LogP contribution in [-0.4, -0.2) is 94.3 Å². The summed E-state index contributed by atoms with van der Waals surface area (Å²) in [5.41, 5.74) is 2.69. The molecule has 196 valence electrons. The lowest BCUT2D eigenvalue weighted by molar-refractivity contribution is -0.365. The lowest BCUT2D eigenvalue weighted by Crippen LogP contribution is -2.66. The predicted molar refractivity (Wildman–Crippen MR) is 145 cm³/mol. The lowest BCUT2D eigenvalue weighted by atomic mass is 10.1. The predicted octanol–water partition coefficient (Wildman–Crippen LogP) is 0.343. The van der Waals surface area contributed by atoms with E-state index in [1.807, 2.05) is 36.4 Å². The maximum absolute atomic E-state index is 12.9. The zero-order valence-corrected chi connectivity index (χ0v) is 21.9. The van der Waals surface area contributed by atoms with E-state index in [0.29, 0.717) is 42.8 Å². The lowest BCUT2D eigenvalue weighted by Gasteiger charge is -2.34. The van der Waals surface area contributed by atoms with Crippen molar-refractivity contribution in [2.24, 2.45) is 0 Å². The van der Waals surface area contributed by atoms with Gasteiger partial charge < -0.3 is 24.2 Å². The third-order valence-corrected chi connectivity index (χ3v) is 8.32. The van der Waals surface area contributed by atoms with Crippen LogP contribution < -0.4 is 20.2 Å². The van der Waals surface area contributed by atoms with Gasteiger partial charge in [0.2, 0.25) is 21.5 Å². The van der Waals surface area contributed by atoms with Crippen LogP contribution in [0.2, 0.25) is 0 Å². The van der Waals surface area contributed by atoms with Crippen LogP contribution in [0.4, 0.5) is 17.1 Å². The number of piperazine rings is 2. The summed E-state index contributed by atoms with van der Waals surface area (Å²) >= 11 is 0. The number of nitrogens with one attached hydrogen (secondary N) is 1. The van der Waals surface area contributed by atoms with Gasteiger partial charge in [-0.05, 0) is 31.3 Å². The third kappa shape index (κ3) is 5.48. The van der Waals surface area contributed by atoms with Gasteiger partial charge in [0.15, 0.2) is 11.0 Å². The van der Waals surface area contributed by atoms with Crippen molar-refractivity contribution in [1.82, 2.24) is 9.21 Å². The number of likely N-dealkylation sites (N-methyl/N-ethyl adjacent to an activating group) is 1. The number of aliphatic hydroxyl groups excluding tert-OH is 1. The zero-order chi connectivity index (χ0) is 26.2. The van der Waals surface area contributed by atoms with Crippen LogP contribution in [0.5, 0.6) is 0 Å². The molecule has 2 aliphatic rings. The first-order chi connectivity index (χ1) is 17.7. The number of para-hydroxylation sites is 1. The molecule has 0 saturated carbocycles. The molecule has 0 aliphatic carbocycles. The number of hydrogen-bond donors (Lipinski definition) is 2. The minimum Gasteiger partial charge on any atom is -0.457 e. The Morgan fingerprint density at radius 1 is 0.919 bits per heavy atom. The Morgan fingerprint density at radius 2 is 1.57 bits per heavy atom. The molecule has 2 saturated heterocycles. The molecule has 3 heterocycles. The number of nitrogens with zero attached hydrogens (tertiary/aromatic N) is 4. The van der Waals surface area contributed by atoms with Gasteiger partial charge in [0.25, 0.3) is 0 Å². The normalized spacial score (nSPS) is 18.5. The molecule has 37 heavy (non-hydrogen) atoms. The summed E-state index contributed by atoms with van der Waals surface area (Å²) in [7, 11) is -1.09. The Hall–Kier alpha value is -3.41. The molecular formula is C26H32N5O5S+.